The summed E-state index contributed by atoms with van der Waals surface area (Å²) in [6.45, 7) is 10.1. The second kappa shape index (κ2) is 7.45. The molecule has 0 fully saturated rings. The molecule has 156 valence electrons. The van der Waals surface area contributed by atoms with Crippen LogP contribution in [0, 0.1) is 11.2 Å². The second-order valence-corrected chi connectivity index (χ2v) is 9.56. The van der Waals surface area contributed by atoms with Crippen LogP contribution in [0.2, 0.25) is 0 Å². The largest absolute Gasteiger partial charge is 0.496 e. The lowest BCUT2D eigenvalue weighted by Gasteiger charge is -2.45. The van der Waals surface area contributed by atoms with Gasteiger partial charge in [-0.3, -0.25) is 0 Å². The van der Waals surface area contributed by atoms with E-state index in [1.165, 1.54) is 12.1 Å². The molecule has 1 aromatic heterocycles. The molecule has 5 heteroatoms. The molecule has 0 saturated heterocycles. The number of para-hydroxylation sites is 2. The summed E-state index contributed by atoms with van der Waals surface area (Å²) in [6, 6.07) is 12.4. The Morgan fingerprint density at radius 2 is 1.76 bits per heavy atom. The molecular weight excluding hydrogens is 367 g/mol. The Bertz CT molecular complexity index is 971. The molecule has 0 amide bonds. The number of aliphatic hydroxyl groups is 1. The molecule has 2 N–H and O–H groups in total. The lowest BCUT2D eigenvalue weighted by Crippen LogP contribution is -2.49. The molecule has 29 heavy (non-hydrogen) atoms. The van der Waals surface area contributed by atoms with Crippen LogP contribution in [0.4, 0.5) is 4.39 Å². The maximum Gasteiger partial charge on any atom is 0.123 e. The maximum absolute atomic E-state index is 14.0. The number of aromatic amines is 1. The maximum atomic E-state index is 14.0. The minimum Gasteiger partial charge on any atom is -0.496 e. The van der Waals surface area contributed by atoms with Crippen LogP contribution in [-0.2, 0) is 11.8 Å². The van der Waals surface area contributed by atoms with Crippen molar-refractivity contribution in [2.24, 2.45) is 5.41 Å². The number of hydrogen-bond donors (Lipinski definition) is 2. The van der Waals surface area contributed by atoms with E-state index >= 15 is 0 Å². The molecule has 0 aliphatic heterocycles. The Labute approximate surface area is 172 Å². The van der Waals surface area contributed by atoms with Crippen molar-refractivity contribution in [3.63, 3.8) is 0 Å². The third kappa shape index (κ3) is 4.30. The van der Waals surface area contributed by atoms with E-state index in [9.17, 15) is 9.50 Å². The molecule has 4 nitrogen and oxygen atoms in total. The van der Waals surface area contributed by atoms with Crippen molar-refractivity contribution < 1.29 is 14.2 Å². The van der Waals surface area contributed by atoms with Crippen LogP contribution < -0.4 is 4.74 Å². The van der Waals surface area contributed by atoms with Gasteiger partial charge in [0.15, 0.2) is 0 Å². The van der Waals surface area contributed by atoms with Gasteiger partial charge >= 0.3 is 0 Å². The fourth-order valence-corrected chi connectivity index (χ4v) is 3.99. The number of hydrogen-bond acceptors (Lipinski definition) is 3. The van der Waals surface area contributed by atoms with Crippen molar-refractivity contribution in [1.29, 1.82) is 0 Å². The van der Waals surface area contributed by atoms with Gasteiger partial charge in [0.2, 0.25) is 0 Å². The molecule has 0 radical (unpaired) electrons. The Morgan fingerprint density at radius 1 is 1.07 bits per heavy atom. The first-order valence-electron chi connectivity index (χ1n) is 9.95. The monoisotopic (exact) mass is 398 g/mol. The van der Waals surface area contributed by atoms with Crippen LogP contribution >= 0.6 is 0 Å². The summed E-state index contributed by atoms with van der Waals surface area (Å²) in [5.41, 5.74) is 0.536. The number of imidazole rings is 1. The summed E-state index contributed by atoms with van der Waals surface area (Å²) in [4.78, 5) is 7.99. The Balaban J connectivity index is 1.99. The topological polar surface area (TPSA) is 58.1 Å². The van der Waals surface area contributed by atoms with Gasteiger partial charge in [-0.1, -0.05) is 46.8 Å². The van der Waals surface area contributed by atoms with Gasteiger partial charge in [0.25, 0.3) is 0 Å². The lowest BCUT2D eigenvalue weighted by molar-refractivity contribution is -0.0782. The molecule has 0 saturated carbocycles. The van der Waals surface area contributed by atoms with Crippen molar-refractivity contribution in [3.8, 4) is 5.75 Å². The third-order valence-corrected chi connectivity index (χ3v) is 5.92. The zero-order chi connectivity index (χ0) is 21.4. The quantitative estimate of drug-likeness (QED) is 0.585. The van der Waals surface area contributed by atoms with Crippen LogP contribution in [0.3, 0.4) is 0 Å². The number of halogens is 1. The summed E-state index contributed by atoms with van der Waals surface area (Å²) < 4.78 is 19.5. The molecule has 3 rings (SSSR count). The second-order valence-electron chi connectivity index (χ2n) is 9.56. The number of H-pyrrole nitrogens is 1. The number of fused-ring (bicyclic) bond motifs is 1. The number of ether oxygens (including phenoxy) is 1. The zero-order valence-electron chi connectivity index (χ0n) is 18.1. The highest BCUT2D eigenvalue weighted by Gasteiger charge is 2.45. The fourth-order valence-electron chi connectivity index (χ4n) is 3.99. The SMILES string of the molecule is COc1ccc(F)cc1C(C)(C)CC(O)(Cc1nc2ccccc2[nH]1)C(C)(C)C. The van der Waals surface area contributed by atoms with Gasteiger partial charge < -0.3 is 14.8 Å². The number of benzene rings is 2. The summed E-state index contributed by atoms with van der Waals surface area (Å²) >= 11 is 0. The fraction of sp³-hybridized carbons (Fsp3) is 0.458. The normalized spacial score (nSPS) is 14.8. The first kappa shape index (κ1) is 21.3. The standard InChI is InChI=1S/C24H31FN2O2/c1-22(2,3)24(28,14-21-26-18-9-7-8-10-19(18)27-21)15-23(4,5)17-13-16(25)11-12-20(17)29-6/h7-13,28H,14-15H2,1-6H3,(H,26,27). The first-order chi connectivity index (χ1) is 13.4. The highest BCUT2D eigenvalue weighted by Crippen LogP contribution is 2.45. The van der Waals surface area contributed by atoms with Gasteiger partial charge in [-0.15, -0.1) is 0 Å². The number of nitrogens with one attached hydrogen (secondary N) is 1. The zero-order valence-corrected chi connectivity index (χ0v) is 18.1. The van der Waals surface area contributed by atoms with Crippen molar-refractivity contribution in [2.75, 3.05) is 7.11 Å². The molecule has 0 aliphatic rings. The molecule has 3 aromatic rings. The van der Waals surface area contributed by atoms with Gasteiger partial charge in [0, 0.05) is 12.0 Å². The molecule has 1 atom stereocenters. The highest BCUT2D eigenvalue weighted by molar-refractivity contribution is 5.74. The minimum absolute atomic E-state index is 0.314. The summed E-state index contributed by atoms with van der Waals surface area (Å²) in [5.74, 6) is 1.05. The van der Waals surface area contributed by atoms with Crippen LogP contribution in [0.5, 0.6) is 5.75 Å². The average Bonchev–Trinajstić information content (AvgIpc) is 3.02. The summed E-state index contributed by atoms with van der Waals surface area (Å²) in [7, 11) is 1.58. The average molecular weight is 399 g/mol. The molecule has 0 aliphatic carbocycles. The minimum atomic E-state index is -1.08. The predicted octanol–water partition coefficient (Wildman–Crippen LogP) is 5.40. The van der Waals surface area contributed by atoms with Gasteiger partial charge in [0.1, 0.15) is 17.4 Å². The van der Waals surface area contributed by atoms with Crippen molar-refractivity contribution in [3.05, 3.63) is 59.7 Å². The van der Waals surface area contributed by atoms with Crippen LogP contribution in [-0.4, -0.2) is 27.8 Å². The van der Waals surface area contributed by atoms with E-state index in [2.05, 4.69) is 9.97 Å². The Morgan fingerprint density at radius 3 is 2.38 bits per heavy atom. The molecule has 1 unspecified atom stereocenters. The number of rotatable bonds is 6. The Kier molecular flexibility index (Phi) is 5.48. The van der Waals surface area contributed by atoms with E-state index in [-0.39, 0.29) is 5.82 Å². The third-order valence-electron chi connectivity index (χ3n) is 5.92. The predicted molar refractivity (Wildman–Crippen MR) is 115 cm³/mol. The molecule has 0 bridgehead atoms. The molecule has 1 heterocycles. The van der Waals surface area contributed by atoms with Gasteiger partial charge in [-0.25, -0.2) is 9.37 Å². The van der Waals surface area contributed by atoms with E-state index in [0.29, 0.717) is 18.6 Å². The van der Waals surface area contributed by atoms with Crippen LogP contribution in [0.15, 0.2) is 42.5 Å². The number of nitrogens with zero attached hydrogens (tertiary/aromatic N) is 1. The van der Waals surface area contributed by atoms with E-state index in [1.54, 1.807) is 13.2 Å². The van der Waals surface area contributed by atoms with E-state index in [1.807, 2.05) is 58.9 Å². The molecule has 2 aromatic carbocycles. The lowest BCUT2D eigenvalue weighted by atomic mass is 9.64. The highest BCUT2D eigenvalue weighted by atomic mass is 19.1. The van der Waals surface area contributed by atoms with E-state index in [0.717, 1.165) is 22.4 Å². The first-order valence-corrected chi connectivity index (χ1v) is 9.95. The van der Waals surface area contributed by atoms with E-state index < -0.39 is 16.4 Å². The van der Waals surface area contributed by atoms with Gasteiger partial charge in [0.05, 0.1) is 23.7 Å². The van der Waals surface area contributed by atoms with Gasteiger partial charge in [-0.05, 0) is 47.6 Å². The Hall–Kier alpha value is -2.40. The van der Waals surface area contributed by atoms with Crippen molar-refractivity contribution in [1.82, 2.24) is 9.97 Å². The van der Waals surface area contributed by atoms with E-state index in [4.69, 9.17) is 4.74 Å². The number of methoxy groups -OCH3 is 1. The van der Waals surface area contributed by atoms with Crippen molar-refractivity contribution >= 4 is 11.0 Å². The summed E-state index contributed by atoms with van der Waals surface area (Å²) in [6.07, 6.45) is 0.784. The molecular formula is C24H31FN2O2. The molecule has 0 spiro atoms. The van der Waals surface area contributed by atoms with Gasteiger partial charge in [-0.2, -0.15) is 0 Å². The van der Waals surface area contributed by atoms with Crippen LogP contribution in [0.1, 0.15) is 52.4 Å². The van der Waals surface area contributed by atoms with Crippen LogP contribution in [0.25, 0.3) is 11.0 Å². The number of aromatic nitrogens is 2. The summed E-state index contributed by atoms with van der Waals surface area (Å²) in [5, 5.41) is 11.9. The van der Waals surface area contributed by atoms with Crippen molar-refractivity contribution in [2.45, 2.75) is 58.5 Å². The smallest absolute Gasteiger partial charge is 0.123 e.